The molecule has 0 saturated carbocycles. The SMILES string of the molecule is Cc1cccc(CC(=O)Cc2ccccc2)n1. The zero-order chi connectivity index (χ0) is 12.1. The first-order valence-electron chi connectivity index (χ1n) is 5.72. The number of rotatable bonds is 4. The molecule has 0 unspecified atom stereocenters. The molecule has 0 radical (unpaired) electrons. The molecule has 2 aromatic rings. The van der Waals surface area contributed by atoms with Crippen LogP contribution in [0.25, 0.3) is 0 Å². The Hall–Kier alpha value is -1.96. The molecule has 0 saturated heterocycles. The second-order valence-corrected chi connectivity index (χ2v) is 4.15. The average Bonchev–Trinajstić information content (AvgIpc) is 2.30. The summed E-state index contributed by atoms with van der Waals surface area (Å²) in [7, 11) is 0. The van der Waals surface area contributed by atoms with Crippen molar-refractivity contribution in [2.45, 2.75) is 19.8 Å². The molecule has 0 spiro atoms. The smallest absolute Gasteiger partial charge is 0.143 e. The van der Waals surface area contributed by atoms with Gasteiger partial charge >= 0.3 is 0 Å². The van der Waals surface area contributed by atoms with Crippen LogP contribution in [0.2, 0.25) is 0 Å². The lowest BCUT2D eigenvalue weighted by atomic mass is 10.1. The van der Waals surface area contributed by atoms with E-state index in [0.29, 0.717) is 12.8 Å². The van der Waals surface area contributed by atoms with Crippen molar-refractivity contribution in [3.05, 3.63) is 65.5 Å². The maximum atomic E-state index is 11.9. The molecule has 0 aliphatic heterocycles. The van der Waals surface area contributed by atoms with Crippen molar-refractivity contribution in [1.82, 2.24) is 4.98 Å². The van der Waals surface area contributed by atoms with Crippen LogP contribution >= 0.6 is 0 Å². The van der Waals surface area contributed by atoms with Crippen molar-refractivity contribution in [3.8, 4) is 0 Å². The molecular weight excluding hydrogens is 210 g/mol. The minimum atomic E-state index is 0.203. The fourth-order valence-corrected chi connectivity index (χ4v) is 1.79. The summed E-state index contributed by atoms with van der Waals surface area (Å²) in [5.41, 5.74) is 2.87. The molecule has 1 heterocycles. The molecular formula is C15H15NO. The summed E-state index contributed by atoms with van der Waals surface area (Å²) in [6.45, 7) is 1.94. The van der Waals surface area contributed by atoms with Crippen LogP contribution in [0.5, 0.6) is 0 Å². The maximum absolute atomic E-state index is 11.9. The van der Waals surface area contributed by atoms with Gasteiger partial charge in [0.25, 0.3) is 0 Å². The highest BCUT2D eigenvalue weighted by molar-refractivity contribution is 5.82. The normalized spacial score (nSPS) is 10.2. The number of carbonyl (C=O) groups excluding carboxylic acids is 1. The number of nitrogens with zero attached hydrogens (tertiary/aromatic N) is 1. The van der Waals surface area contributed by atoms with Gasteiger partial charge in [0, 0.05) is 24.2 Å². The zero-order valence-corrected chi connectivity index (χ0v) is 9.89. The highest BCUT2D eigenvalue weighted by Gasteiger charge is 2.05. The van der Waals surface area contributed by atoms with Gasteiger partial charge in [-0.1, -0.05) is 36.4 Å². The number of Topliss-reactive ketones (excluding diaryl/α,β-unsaturated/α-hetero) is 1. The first-order chi connectivity index (χ1) is 8.24. The van der Waals surface area contributed by atoms with E-state index < -0.39 is 0 Å². The fourth-order valence-electron chi connectivity index (χ4n) is 1.79. The van der Waals surface area contributed by atoms with Gasteiger partial charge in [0.2, 0.25) is 0 Å². The van der Waals surface area contributed by atoms with Gasteiger partial charge in [-0.2, -0.15) is 0 Å². The number of hydrogen-bond acceptors (Lipinski definition) is 2. The van der Waals surface area contributed by atoms with Crippen LogP contribution < -0.4 is 0 Å². The fraction of sp³-hybridized carbons (Fsp3) is 0.200. The van der Waals surface area contributed by atoms with E-state index in [1.165, 1.54) is 0 Å². The van der Waals surface area contributed by atoms with Crippen molar-refractivity contribution in [2.24, 2.45) is 0 Å². The molecule has 0 aliphatic carbocycles. The molecule has 2 heteroatoms. The van der Waals surface area contributed by atoms with Gasteiger partial charge < -0.3 is 0 Å². The van der Waals surface area contributed by atoms with E-state index in [2.05, 4.69) is 4.98 Å². The van der Waals surface area contributed by atoms with Crippen molar-refractivity contribution in [2.75, 3.05) is 0 Å². The van der Waals surface area contributed by atoms with E-state index in [1.807, 2.05) is 55.5 Å². The van der Waals surface area contributed by atoms with Crippen molar-refractivity contribution in [1.29, 1.82) is 0 Å². The second-order valence-electron chi connectivity index (χ2n) is 4.15. The van der Waals surface area contributed by atoms with Gasteiger partial charge in [0.15, 0.2) is 0 Å². The summed E-state index contributed by atoms with van der Waals surface area (Å²) in [5.74, 6) is 0.203. The topological polar surface area (TPSA) is 30.0 Å². The molecule has 0 atom stereocenters. The van der Waals surface area contributed by atoms with E-state index in [9.17, 15) is 4.79 Å². The Morgan fingerprint density at radius 2 is 1.76 bits per heavy atom. The van der Waals surface area contributed by atoms with E-state index in [1.54, 1.807) is 0 Å². The van der Waals surface area contributed by atoms with Crippen LogP contribution in [0, 0.1) is 6.92 Å². The summed E-state index contributed by atoms with van der Waals surface area (Å²) in [6.07, 6.45) is 0.896. The Morgan fingerprint density at radius 3 is 2.47 bits per heavy atom. The predicted octanol–water partition coefficient (Wildman–Crippen LogP) is 2.74. The second kappa shape index (κ2) is 5.39. The molecule has 1 aromatic carbocycles. The number of ketones is 1. The first-order valence-corrected chi connectivity index (χ1v) is 5.72. The predicted molar refractivity (Wildman–Crippen MR) is 67.8 cm³/mol. The van der Waals surface area contributed by atoms with Crippen LogP contribution in [-0.2, 0) is 17.6 Å². The van der Waals surface area contributed by atoms with E-state index in [0.717, 1.165) is 17.0 Å². The number of pyridine rings is 1. The van der Waals surface area contributed by atoms with Crippen LogP contribution in [0.15, 0.2) is 48.5 Å². The minimum absolute atomic E-state index is 0.203. The number of carbonyl (C=O) groups is 1. The van der Waals surface area contributed by atoms with E-state index in [-0.39, 0.29) is 5.78 Å². The zero-order valence-electron chi connectivity index (χ0n) is 9.89. The van der Waals surface area contributed by atoms with E-state index in [4.69, 9.17) is 0 Å². The quantitative estimate of drug-likeness (QED) is 0.800. The highest BCUT2D eigenvalue weighted by atomic mass is 16.1. The van der Waals surface area contributed by atoms with E-state index >= 15 is 0 Å². The largest absolute Gasteiger partial charge is 0.299 e. The molecule has 2 nitrogen and oxygen atoms in total. The third-order valence-corrected chi connectivity index (χ3v) is 2.57. The standard InChI is InChI=1S/C15H15NO/c1-12-6-5-9-14(16-12)11-15(17)10-13-7-3-2-4-8-13/h2-9H,10-11H2,1H3. The monoisotopic (exact) mass is 225 g/mol. The van der Waals surface area contributed by atoms with Gasteiger partial charge in [-0.15, -0.1) is 0 Å². The van der Waals surface area contributed by atoms with Gasteiger partial charge in [0.1, 0.15) is 5.78 Å². The lowest BCUT2D eigenvalue weighted by Crippen LogP contribution is -2.08. The average molecular weight is 225 g/mol. The molecule has 1 aromatic heterocycles. The van der Waals surface area contributed by atoms with Gasteiger partial charge in [-0.05, 0) is 24.6 Å². The summed E-state index contributed by atoms with van der Waals surface area (Å²) in [5, 5.41) is 0. The van der Waals surface area contributed by atoms with Gasteiger partial charge in [-0.25, -0.2) is 0 Å². The third kappa shape index (κ3) is 3.52. The van der Waals surface area contributed by atoms with Crippen LogP contribution in [-0.4, -0.2) is 10.8 Å². The number of hydrogen-bond donors (Lipinski definition) is 0. The van der Waals surface area contributed by atoms with Crippen molar-refractivity contribution >= 4 is 5.78 Å². The maximum Gasteiger partial charge on any atom is 0.143 e. The Balaban J connectivity index is 1.98. The Labute approximate surface area is 101 Å². The Kier molecular flexibility index (Phi) is 3.66. The summed E-state index contributed by atoms with van der Waals surface area (Å²) in [6, 6.07) is 15.6. The molecule has 0 amide bonds. The van der Waals surface area contributed by atoms with Gasteiger partial charge in [-0.3, -0.25) is 9.78 Å². The van der Waals surface area contributed by atoms with Crippen LogP contribution in [0.4, 0.5) is 0 Å². The lowest BCUT2D eigenvalue weighted by Gasteiger charge is -2.02. The molecule has 0 fully saturated rings. The highest BCUT2D eigenvalue weighted by Crippen LogP contribution is 2.04. The molecule has 2 rings (SSSR count). The van der Waals surface area contributed by atoms with Crippen molar-refractivity contribution in [3.63, 3.8) is 0 Å². The number of aromatic nitrogens is 1. The van der Waals surface area contributed by atoms with Crippen LogP contribution in [0.1, 0.15) is 17.0 Å². The summed E-state index contributed by atoms with van der Waals surface area (Å²) >= 11 is 0. The molecule has 86 valence electrons. The minimum Gasteiger partial charge on any atom is -0.299 e. The number of aryl methyl sites for hydroxylation is 1. The van der Waals surface area contributed by atoms with Gasteiger partial charge in [0.05, 0.1) is 0 Å². The molecule has 0 bridgehead atoms. The Morgan fingerprint density at radius 1 is 1.00 bits per heavy atom. The summed E-state index contributed by atoms with van der Waals surface area (Å²) in [4.78, 5) is 16.2. The lowest BCUT2D eigenvalue weighted by molar-refractivity contribution is -0.117. The molecule has 0 aliphatic rings. The van der Waals surface area contributed by atoms with Crippen LogP contribution in [0.3, 0.4) is 0 Å². The van der Waals surface area contributed by atoms with Crippen molar-refractivity contribution < 1.29 is 4.79 Å². The molecule has 17 heavy (non-hydrogen) atoms. The first kappa shape index (κ1) is 11.5. The third-order valence-electron chi connectivity index (χ3n) is 2.57. The number of benzene rings is 1. The Bertz CT molecular complexity index is 505. The molecule has 0 N–H and O–H groups in total. The summed E-state index contributed by atoms with van der Waals surface area (Å²) < 4.78 is 0.